The SMILES string of the molecule is NCCc1ccccc1C(=O)Cc1ccc(Cl)cc1. The molecule has 0 atom stereocenters. The second-order valence-corrected chi connectivity index (χ2v) is 4.86. The molecule has 2 nitrogen and oxygen atoms in total. The lowest BCUT2D eigenvalue weighted by atomic mass is 9.97. The van der Waals surface area contributed by atoms with Crippen molar-refractivity contribution in [3.63, 3.8) is 0 Å². The number of ketones is 1. The molecule has 0 saturated carbocycles. The van der Waals surface area contributed by atoms with Gasteiger partial charge in [0.1, 0.15) is 0 Å². The molecule has 0 aliphatic heterocycles. The Bertz CT molecular complexity index is 563. The summed E-state index contributed by atoms with van der Waals surface area (Å²) < 4.78 is 0. The first kappa shape index (κ1) is 13.8. The molecule has 3 heteroatoms. The highest BCUT2D eigenvalue weighted by atomic mass is 35.5. The maximum Gasteiger partial charge on any atom is 0.167 e. The maximum atomic E-state index is 12.3. The molecule has 0 bridgehead atoms. The van der Waals surface area contributed by atoms with Gasteiger partial charge in [0.15, 0.2) is 5.78 Å². The summed E-state index contributed by atoms with van der Waals surface area (Å²) in [5.74, 6) is 0.117. The Morgan fingerprint density at radius 3 is 2.42 bits per heavy atom. The first-order valence-corrected chi connectivity index (χ1v) is 6.64. The summed E-state index contributed by atoms with van der Waals surface area (Å²) >= 11 is 5.83. The molecular formula is C16H16ClNO. The van der Waals surface area contributed by atoms with Gasteiger partial charge < -0.3 is 5.73 Å². The van der Waals surface area contributed by atoms with Crippen LogP contribution in [0.4, 0.5) is 0 Å². The number of carbonyl (C=O) groups excluding carboxylic acids is 1. The lowest BCUT2D eigenvalue weighted by molar-refractivity contribution is 0.0992. The van der Waals surface area contributed by atoms with Gasteiger partial charge in [0.25, 0.3) is 0 Å². The Kier molecular flexibility index (Phi) is 4.72. The molecule has 2 aromatic rings. The number of hydrogen-bond acceptors (Lipinski definition) is 2. The summed E-state index contributed by atoms with van der Waals surface area (Å²) in [6, 6.07) is 15.0. The zero-order valence-corrected chi connectivity index (χ0v) is 11.4. The van der Waals surface area contributed by atoms with Crippen LogP contribution in [0.5, 0.6) is 0 Å². The molecule has 19 heavy (non-hydrogen) atoms. The first-order valence-electron chi connectivity index (χ1n) is 6.26. The van der Waals surface area contributed by atoms with Gasteiger partial charge in [0.2, 0.25) is 0 Å². The molecule has 2 aromatic carbocycles. The van der Waals surface area contributed by atoms with Crippen molar-refractivity contribution in [3.05, 3.63) is 70.2 Å². The Morgan fingerprint density at radius 2 is 1.74 bits per heavy atom. The summed E-state index contributed by atoms with van der Waals surface area (Å²) in [6.45, 7) is 0.547. The zero-order valence-electron chi connectivity index (χ0n) is 10.6. The number of hydrogen-bond donors (Lipinski definition) is 1. The third-order valence-corrected chi connectivity index (χ3v) is 3.26. The van der Waals surface area contributed by atoms with Crippen molar-refractivity contribution in [3.8, 4) is 0 Å². The molecule has 2 rings (SSSR count). The van der Waals surface area contributed by atoms with Gasteiger partial charge in [0.05, 0.1) is 0 Å². The number of carbonyl (C=O) groups is 1. The summed E-state index contributed by atoms with van der Waals surface area (Å²) in [7, 11) is 0. The van der Waals surface area contributed by atoms with Gasteiger partial charge >= 0.3 is 0 Å². The van der Waals surface area contributed by atoms with Crippen LogP contribution >= 0.6 is 11.6 Å². The summed E-state index contributed by atoms with van der Waals surface area (Å²) in [5, 5.41) is 0.680. The van der Waals surface area contributed by atoms with Crippen LogP contribution in [-0.2, 0) is 12.8 Å². The fourth-order valence-electron chi connectivity index (χ4n) is 2.05. The molecule has 0 spiro atoms. The second kappa shape index (κ2) is 6.50. The number of Topliss-reactive ketones (excluding diaryl/α,β-unsaturated/α-hetero) is 1. The Morgan fingerprint density at radius 1 is 1.05 bits per heavy atom. The van der Waals surface area contributed by atoms with E-state index in [1.165, 1.54) is 0 Å². The van der Waals surface area contributed by atoms with Crippen molar-refractivity contribution in [1.82, 2.24) is 0 Å². The summed E-state index contributed by atoms with van der Waals surface area (Å²) in [5.41, 5.74) is 8.33. The van der Waals surface area contributed by atoms with Crippen LogP contribution in [0.25, 0.3) is 0 Å². The van der Waals surface area contributed by atoms with E-state index in [4.69, 9.17) is 17.3 Å². The third-order valence-electron chi connectivity index (χ3n) is 3.01. The fourth-order valence-corrected chi connectivity index (χ4v) is 2.17. The predicted molar refractivity (Wildman–Crippen MR) is 78.7 cm³/mol. The molecule has 0 unspecified atom stereocenters. The smallest absolute Gasteiger partial charge is 0.167 e. The minimum Gasteiger partial charge on any atom is -0.330 e. The number of benzene rings is 2. The second-order valence-electron chi connectivity index (χ2n) is 4.42. The van der Waals surface area contributed by atoms with Crippen molar-refractivity contribution in [2.75, 3.05) is 6.54 Å². The van der Waals surface area contributed by atoms with Gasteiger partial charge in [-0.15, -0.1) is 0 Å². The molecule has 0 saturated heterocycles. The average Bonchev–Trinajstić information content (AvgIpc) is 2.42. The van der Waals surface area contributed by atoms with Crippen LogP contribution in [0.3, 0.4) is 0 Å². The van der Waals surface area contributed by atoms with E-state index in [-0.39, 0.29) is 5.78 Å². The van der Waals surface area contributed by atoms with Crippen LogP contribution in [-0.4, -0.2) is 12.3 Å². The molecule has 2 N–H and O–H groups in total. The molecule has 0 aliphatic rings. The van der Waals surface area contributed by atoms with Gasteiger partial charge in [-0.25, -0.2) is 0 Å². The lowest BCUT2D eigenvalue weighted by Gasteiger charge is -2.07. The normalized spacial score (nSPS) is 10.4. The maximum absolute atomic E-state index is 12.3. The molecule has 0 amide bonds. The van der Waals surface area contributed by atoms with Crippen LogP contribution in [0.2, 0.25) is 5.02 Å². The van der Waals surface area contributed by atoms with Crippen molar-refractivity contribution in [2.24, 2.45) is 5.73 Å². The van der Waals surface area contributed by atoms with Gasteiger partial charge in [-0.3, -0.25) is 4.79 Å². The highest BCUT2D eigenvalue weighted by Crippen LogP contribution is 2.15. The number of nitrogens with two attached hydrogens (primary N) is 1. The van der Waals surface area contributed by atoms with Crippen molar-refractivity contribution in [2.45, 2.75) is 12.8 Å². The van der Waals surface area contributed by atoms with Gasteiger partial charge in [-0.1, -0.05) is 48.0 Å². The molecular weight excluding hydrogens is 258 g/mol. The van der Waals surface area contributed by atoms with E-state index in [0.29, 0.717) is 18.0 Å². The third kappa shape index (κ3) is 3.66. The first-order chi connectivity index (χ1) is 9.20. The van der Waals surface area contributed by atoms with E-state index in [1.54, 1.807) is 12.1 Å². The van der Waals surface area contributed by atoms with Crippen molar-refractivity contribution >= 4 is 17.4 Å². The van der Waals surface area contributed by atoms with E-state index in [1.807, 2.05) is 36.4 Å². The van der Waals surface area contributed by atoms with Crippen LogP contribution in [0.1, 0.15) is 21.5 Å². The largest absolute Gasteiger partial charge is 0.330 e. The summed E-state index contributed by atoms with van der Waals surface area (Å²) in [6.07, 6.45) is 1.11. The predicted octanol–water partition coefficient (Wildman–Crippen LogP) is 3.27. The Hall–Kier alpha value is -1.64. The van der Waals surface area contributed by atoms with E-state index >= 15 is 0 Å². The minimum absolute atomic E-state index is 0.117. The molecule has 98 valence electrons. The van der Waals surface area contributed by atoms with E-state index in [2.05, 4.69) is 0 Å². The Labute approximate surface area is 118 Å². The quantitative estimate of drug-likeness (QED) is 0.850. The van der Waals surface area contributed by atoms with Crippen molar-refractivity contribution < 1.29 is 4.79 Å². The molecule has 0 heterocycles. The fraction of sp³-hybridized carbons (Fsp3) is 0.188. The monoisotopic (exact) mass is 273 g/mol. The van der Waals surface area contributed by atoms with Crippen LogP contribution in [0.15, 0.2) is 48.5 Å². The van der Waals surface area contributed by atoms with Crippen LogP contribution in [0, 0.1) is 0 Å². The highest BCUT2D eigenvalue weighted by molar-refractivity contribution is 6.30. The average molecular weight is 274 g/mol. The summed E-state index contributed by atoms with van der Waals surface area (Å²) in [4.78, 5) is 12.3. The van der Waals surface area contributed by atoms with Crippen LogP contribution < -0.4 is 5.73 Å². The van der Waals surface area contributed by atoms with E-state index < -0.39 is 0 Å². The van der Waals surface area contributed by atoms with E-state index in [9.17, 15) is 4.79 Å². The highest BCUT2D eigenvalue weighted by Gasteiger charge is 2.11. The van der Waals surface area contributed by atoms with Crippen molar-refractivity contribution in [1.29, 1.82) is 0 Å². The lowest BCUT2D eigenvalue weighted by Crippen LogP contribution is -2.10. The van der Waals surface area contributed by atoms with Gasteiger partial charge in [-0.05, 0) is 36.2 Å². The number of rotatable bonds is 5. The van der Waals surface area contributed by atoms with Gasteiger partial charge in [0, 0.05) is 17.0 Å². The topological polar surface area (TPSA) is 43.1 Å². The van der Waals surface area contributed by atoms with E-state index in [0.717, 1.165) is 23.1 Å². The molecule has 0 fully saturated rings. The molecule has 0 radical (unpaired) electrons. The molecule has 0 aliphatic carbocycles. The molecule has 0 aromatic heterocycles. The standard InChI is InChI=1S/C16H16ClNO/c17-14-7-5-12(6-8-14)11-16(19)15-4-2-1-3-13(15)9-10-18/h1-8H,9-11,18H2. The van der Waals surface area contributed by atoms with Gasteiger partial charge in [-0.2, -0.15) is 0 Å². The zero-order chi connectivity index (χ0) is 13.7. The number of halogens is 1. The Balaban J connectivity index is 2.18. The minimum atomic E-state index is 0.117.